The molecule has 1 heterocycles. The Kier molecular flexibility index (Phi) is 4.62. The molecule has 0 aliphatic heterocycles. The molecule has 0 aromatic carbocycles. The van der Waals surface area contributed by atoms with Crippen molar-refractivity contribution in [2.45, 2.75) is 13.8 Å². The van der Waals surface area contributed by atoms with Crippen LogP contribution >= 0.6 is 0 Å². The first kappa shape index (κ1) is 14.7. The average Bonchev–Trinajstić information content (AvgIpc) is 2.72. The van der Waals surface area contributed by atoms with Gasteiger partial charge in [-0.3, -0.25) is 14.4 Å². The van der Waals surface area contributed by atoms with Crippen LogP contribution in [0.15, 0.2) is 10.6 Å². The summed E-state index contributed by atoms with van der Waals surface area (Å²) in [6.45, 7) is 2.68. The molecule has 0 spiro atoms. The molecule has 0 saturated heterocycles. The lowest BCUT2D eigenvalue weighted by molar-refractivity contribution is -0.150. The predicted molar refractivity (Wildman–Crippen MR) is 64.3 cm³/mol. The van der Waals surface area contributed by atoms with Crippen LogP contribution in [0.4, 0.5) is 5.82 Å². The van der Waals surface area contributed by atoms with E-state index in [0.717, 1.165) is 4.90 Å². The molecule has 19 heavy (non-hydrogen) atoms. The number of rotatable bonds is 5. The lowest BCUT2D eigenvalue weighted by Gasteiger charge is -2.18. The Hall–Kier alpha value is -2.38. The van der Waals surface area contributed by atoms with Crippen molar-refractivity contribution in [3.63, 3.8) is 0 Å². The van der Waals surface area contributed by atoms with Gasteiger partial charge in [0, 0.05) is 13.1 Å². The third-order valence-corrected chi connectivity index (χ3v) is 2.39. The van der Waals surface area contributed by atoms with E-state index in [1.807, 2.05) is 0 Å². The van der Waals surface area contributed by atoms with Crippen LogP contribution in [0.5, 0.6) is 0 Å². The first-order valence-electron chi connectivity index (χ1n) is 5.52. The van der Waals surface area contributed by atoms with E-state index in [9.17, 15) is 14.4 Å². The summed E-state index contributed by atoms with van der Waals surface area (Å²) in [4.78, 5) is 34.9. The predicted octanol–water partition coefficient (Wildman–Crippen LogP) is 0.101. The van der Waals surface area contributed by atoms with Gasteiger partial charge in [-0.15, -0.1) is 0 Å². The van der Waals surface area contributed by atoms with Gasteiger partial charge in [0.2, 0.25) is 11.8 Å². The van der Waals surface area contributed by atoms with Crippen molar-refractivity contribution in [3.8, 4) is 0 Å². The molecular weight excluding hydrogens is 254 g/mol. The van der Waals surface area contributed by atoms with Crippen molar-refractivity contribution in [3.05, 3.63) is 11.8 Å². The minimum atomic E-state index is -1.23. The Morgan fingerprint density at radius 3 is 2.63 bits per heavy atom. The molecule has 2 amide bonds. The van der Waals surface area contributed by atoms with Crippen LogP contribution in [0.2, 0.25) is 0 Å². The van der Waals surface area contributed by atoms with Crippen molar-refractivity contribution in [2.75, 3.05) is 18.9 Å². The highest BCUT2D eigenvalue weighted by molar-refractivity contribution is 5.99. The quantitative estimate of drug-likeness (QED) is 0.733. The van der Waals surface area contributed by atoms with Gasteiger partial charge in [-0.2, -0.15) is 0 Å². The fourth-order valence-electron chi connectivity index (χ4n) is 1.34. The number of aromatic nitrogens is 1. The van der Waals surface area contributed by atoms with Gasteiger partial charge in [0.25, 0.3) is 0 Å². The third kappa shape index (κ3) is 4.09. The number of likely N-dealkylation sites (N-methyl/N-ethyl adjacent to an activating group) is 1. The summed E-state index contributed by atoms with van der Waals surface area (Å²) in [6, 6.07) is 1.53. The molecule has 0 radical (unpaired) electrons. The van der Waals surface area contributed by atoms with Crippen molar-refractivity contribution < 1.29 is 24.0 Å². The van der Waals surface area contributed by atoms with Gasteiger partial charge in [0.1, 0.15) is 11.7 Å². The summed E-state index contributed by atoms with van der Waals surface area (Å²) in [5.41, 5.74) is 0. The van der Waals surface area contributed by atoms with E-state index >= 15 is 0 Å². The monoisotopic (exact) mass is 269 g/mol. The normalized spacial score (nSPS) is 11.7. The molecule has 1 aromatic rings. The standard InChI is InChI=1S/C11H15N3O5/c1-6-4-8(13-19-6)12-9(15)5-14(3)10(16)7(2)11(17)18/h4,7H,5H2,1-3H3,(H,17,18)(H,12,13,15). The minimum Gasteiger partial charge on any atom is -0.481 e. The minimum absolute atomic E-state index is 0.245. The Morgan fingerprint density at radius 2 is 2.16 bits per heavy atom. The average molecular weight is 269 g/mol. The molecule has 0 bridgehead atoms. The number of aliphatic carboxylic acids is 1. The number of carbonyl (C=O) groups is 3. The Labute approximate surface area is 109 Å². The zero-order valence-corrected chi connectivity index (χ0v) is 10.8. The number of amides is 2. The first-order chi connectivity index (χ1) is 8.81. The molecule has 0 saturated carbocycles. The number of hydrogen-bond acceptors (Lipinski definition) is 5. The molecule has 0 fully saturated rings. The van der Waals surface area contributed by atoms with Gasteiger partial charge in [0.15, 0.2) is 5.82 Å². The maximum Gasteiger partial charge on any atom is 0.315 e. The molecular formula is C11H15N3O5. The van der Waals surface area contributed by atoms with E-state index < -0.39 is 23.7 Å². The van der Waals surface area contributed by atoms with Gasteiger partial charge < -0.3 is 19.8 Å². The largest absolute Gasteiger partial charge is 0.481 e. The van der Waals surface area contributed by atoms with Gasteiger partial charge >= 0.3 is 5.97 Å². The zero-order valence-electron chi connectivity index (χ0n) is 10.8. The van der Waals surface area contributed by atoms with Crippen LogP contribution in [-0.4, -0.2) is 46.5 Å². The van der Waals surface area contributed by atoms with E-state index in [4.69, 9.17) is 9.63 Å². The first-order valence-corrected chi connectivity index (χ1v) is 5.52. The Morgan fingerprint density at radius 1 is 1.53 bits per heavy atom. The SMILES string of the molecule is Cc1cc(NC(=O)CN(C)C(=O)C(C)C(=O)O)no1. The summed E-state index contributed by atoms with van der Waals surface area (Å²) < 4.78 is 4.76. The fraction of sp³-hybridized carbons (Fsp3) is 0.455. The summed E-state index contributed by atoms with van der Waals surface area (Å²) in [6.07, 6.45) is 0. The molecule has 1 atom stereocenters. The van der Waals surface area contributed by atoms with Gasteiger partial charge in [0.05, 0.1) is 6.54 Å². The lowest BCUT2D eigenvalue weighted by atomic mass is 10.1. The zero-order chi connectivity index (χ0) is 14.6. The second-order valence-corrected chi connectivity index (χ2v) is 4.13. The van der Waals surface area contributed by atoms with Gasteiger partial charge in [-0.1, -0.05) is 5.16 Å². The summed E-state index contributed by atoms with van der Waals surface area (Å²) in [7, 11) is 1.36. The van der Waals surface area contributed by atoms with Crippen LogP contribution in [0.1, 0.15) is 12.7 Å². The van der Waals surface area contributed by atoms with Crippen molar-refractivity contribution in [2.24, 2.45) is 5.92 Å². The highest BCUT2D eigenvalue weighted by Crippen LogP contribution is 2.07. The maximum atomic E-state index is 11.6. The van der Waals surface area contributed by atoms with E-state index in [2.05, 4.69) is 10.5 Å². The molecule has 8 nitrogen and oxygen atoms in total. The van der Waals surface area contributed by atoms with Crippen LogP contribution in [0.3, 0.4) is 0 Å². The molecule has 104 valence electrons. The number of carbonyl (C=O) groups excluding carboxylic acids is 2. The lowest BCUT2D eigenvalue weighted by Crippen LogP contribution is -2.40. The van der Waals surface area contributed by atoms with E-state index in [0.29, 0.717) is 5.76 Å². The Bertz CT molecular complexity index is 496. The van der Waals surface area contributed by atoms with Gasteiger partial charge in [-0.25, -0.2) is 0 Å². The number of aryl methyl sites for hydroxylation is 1. The van der Waals surface area contributed by atoms with Crippen molar-refractivity contribution in [1.29, 1.82) is 0 Å². The number of hydrogen-bond donors (Lipinski definition) is 2. The van der Waals surface area contributed by atoms with Crippen LogP contribution < -0.4 is 5.32 Å². The van der Waals surface area contributed by atoms with Crippen LogP contribution in [-0.2, 0) is 14.4 Å². The fourth-order valence-corrected chi connectivity index (χ4v) is 1.34. The third-order valence-electron chi connectivity index (χ3n) is 2.39. The van der Waals surface area contributed by atoms with Gasteiger partial charge in [-0.05, 0) is 13.8 Å². The molecule has 0 aliphatic rings. The van der Waals surface area contributed by atoms with E-state index in [1.54, 1.807) is 6.92 Å². The van der Waals surface area contributed by atoms with E-state index in [-0.39, 0.29) is 12.4 Å². The van der Waals surface area contributed by atoms with Crippen LogP contribution in [0, 0.1) is 12.8 Å². The van der Waals surface area contributed by atoms with Crippen molar-refractivity contribution >= 4 is 23.6 Å². The molecule has 1 aromatic heterocycles. The second kappa shape index (κ2) is 5.98. The Balaban J connectivity index is 2.52. The molecule has 0 aliphatic carbocycles. The maximum absolute atomic E-state index is 11.6. The van der Waals surface area contributed by atoms with Crippen LogP contribution in [0.25, 0.3) is 0 Å². The number of carboxylic acid groups (broad SMARTS) is 1. The molecule has 1 unspecified atom stereocenters. The number of carboxylic acids is 1. The number of nitrogens with zero attached hydrogens (tertiary/aromatic N) is 2. The van der Waals surface area contributed by atoms with Crippen molar-refractivity contribution in [1.82, 2.24) is 10.1 Å². The smallest absolute Gasteiger partial charge is 0.315 e. The molecule has 8 heteroatoms. The van der Waals surface area contributed by atoms with E-state index in [1.165, 1.54) is 20.0 Å². The highest BCUT2D eigenvalue weighted by atomic mass is 16.5. The molecule has 2 N–H and O–H groups in total. The summed E-state index contributed by atoms with van der Waals surface area (Å²) in [5, 5.41) is 14.7. The number of nitrogens with one attached hydrogen (secondary N) is 1. The molecule has 1 rings (SSSR count). The highest BCUT2D eigenvalue weighted by Gasteiger charge is 2.25. The second-order valence-electron chi connectivity index (χ2n) is 4.13. The summed E-state index contributed by atoms with van der Waals surface area (Å²) >= 11 is 0. The topological polar surface area (TPSA) is 113 Å². The number of anilines is 1. The summed E-state index contributed by atoms with van der Waals surface area (Å²) in [5.74, 6) is -2.76.